The van der Waals surface area contributed by atoms with Gasteiger partial charge in [0, 0.05) is 18.6 Å². The average molecular weight is 204 g/mol. The quantitative estimate of drug-likeness (QED) is 0.808. The first-order chi connectivity index (χ1) is 7.25. The maximum Gasteiger partial charge on any atom is 0.0122 e. The molecule has 0 radical (unpaired) electrons. The smallest absolute Gasteiger partial charge is 0.0122 e. The molecule has 1 fully saturated rings. The molecule has 82 valence electrons. The van der Waals surface area contributed by atoms with E-state index in [4.69, 9.17) is 5.73 Å². The molecular weight excluding hydrogens is 184 g/mol. The van der Waals surface area contributed by atoms with Crippen molar-refractivity contribution < 1.29 is 0 Å². The summed E-state index contributed by atoms with van der Waals surface area (Å²) in [6.45, 7) is 1.14. The van der Waals surface area contributed by atoms with Crippen molar-refractivity contribution in [1.82, 2.24) is 4.90 Å². The van der Waals surface area contributed by atoms with E-state index in [1.54, 1.807) is 0 Å². The van der Waals surface area contributed by atoms with Gasteiger partial charge in [-0.1, -0.05) is 30.3 Å². The van der Waals surface area contributed by atoms with Crippen molar-refractivity contribution in [2.45, 2.75) is 31.3 Å². The summed E-state index contributed by atoms with van der Waals surface area (Å²) in [6, 6.07) is 11.8. The molecule has 0 aliphatic heterocycles. The van der Waals surface area contributed by atoms with Gasteiger partial charge in [0.05, 0.1) is 0 Å². The van der Waals surface area contributed by atoms with Gasteiger partial charge in [0.1, 0.15) is 0 Å². The Kier molecular flexibility index (Phi) is 3.39. The average Bonchev–Trinajstić information content (AvgIpc) is 2.23. The molecule has 1 saturated carbocycles. The second kappa shape index (κ2) is 4.77. The maximum absolute atomic E-state index is 5.79. The van der Waals surface area contributed by atoms with E-state index < -0.39 is 0 Å². The molecule has 0 spiro atoms. The van der Waals surface area contributed by atoms with E-state index in [2.05, 4.69) is 42.3 Å². The molecule has 0 saturated heterocycles. The lowest BCUT2D eigenvalue weighted by molar-refractivity contribution is 0.140. The zero-order valence-corrected chi connectivity index (χ0v) is 9.39. The zero-order chi connectivity index (χ0) is 10.7. The highest BCUT2D eigenvalue weighted by Crippen LogP contribution is 2.22. The predicted octanol–water partition coefficient (Wildman–Crippen LogP) is 1.65. The molecule has 0 heterocycles. The number of likely N-dealkylation sites (N-methyl/N-ethyl adjacent to an activating group) is 1. The van der Waals surface area contributed by atoms with E-state index >= 15 is 0 Å². The van der Waals surface area contributed by atoms with Gasteiger partial charge in [-0.3, -0.25) is 0 Å². The van der Waals surface area contributed by atoms with Gasteiger partial charge in [0.15, 0.2) is 0 Å². The van der Waals surface area contributed by atoms with E-state index in [1.807, 2.05) is 0 Å². The monoisotopic (exact) mass is 204 g/mol. The highest BCUT2D eigenvalue weighted by atomic mass is 15.1. The van der Waals surface area contributed by atoms with Crippen LogP contribution in [0.25, 0.3) is 0 Å². The number of nitrogens with two attached hydrogens (primary N) is 1. The van der Waals surface area contributed by atoms with E-state index in [0.717, 1.165) is 19.0 Å². The normalized spacial score (nSPS) is 25.3. The molecule has 0 atom stereocenters. The van der Waals surface area contributed by atoms with Crippen molar-refractivity contribution >= 4 is 0 Å². The first-order valence-corrected chi connectivity index (χ1v) is 5.75. The maximum atomic E-state index is 5.79. The minimum atomic E-state index is 0.453. The molecule has 2 N–H and O–H groups in total. The number of hydrogen-bond acceptors (Lipinski definition) is 2. The largest absolute Gasteiger partial charge is 0.328 e. The molecular formula is C13H20N2. The third kappa shape index (κ3) is 2.80. The van der Waals surface area contributed by atoms with Crippen LogP contribution in [0, 0.1) is 0 Å². The van der Waals surface area contributed by atoms with Crippen molar-refractivity contribution in [2.24, 2.45) is 5.73 Å². The Labute approximate surface area is 92.1 Å². The highest BCUT2D eigenvalue weighted by molar-refractivity contribution is 5.14. The third-order valence-electron chi connectivity index (χ3n) is 3.37. The van der Waals surface area contributed by atoms with E-state index in [9.17, 15) is 0 Å². The van der Waals surface area contributed by atoms with Crippen LogP contribution in [-0.4, -0.2) is 30.6 Å². The zero-order valence-electron chi connectivity index (χ0n) is 9.39. The molecule has 0 amide bonds. The van der Waals surface area contributed by atoms with Crippen LogP contribution in [0.3, 0.4) is 0 Å². The number of rotatable bonds is 4. The lowest BCUT2D eigenvalue weighted by Gasteiger charge is -2.39. The summed E-state index contributed by atoms with van der Waals surface area (Å²) in [7, 11) is 2.21. The van der Waals surface area contributed by atoms with Gasteiger partial charge >= 0.3 is 0 Å². The summed E-state index contributed by atoms with van der Waals surface area (Å²) in [5, 5.41) is 0. The predicted molar refractivity (Wildman–Crippen MR) is 63.8 cm³/mol. The first-order valence-electron chi connectivity index (χ1n) is 5.75. The summed E-state index contributed by atoms with van der Waals surface area (Å²) in [5.41, 5.74) is 7.21. The lowest BCUT2D eigenvalue weighted by Crippen LogP contribution is -2.49. The summed E-state index contributed by atoms with van der Waals surface area (Å²) in [5.74, 6) is 0. The fourth-order valence-corrected chi connectivity index (χ4v) is 2.12. The van der Waals surface area contributed by atoms with Gasteiger partial charge < -0.3 is 10.6 Å². The second-order valence-electron chi connectivity index (χ2n) is 4.60. The molecule has 1 aromatic rings. The Hall–Kier alpha value is -0.860. The van der Waals surface area contributed by atoms with Gasteiger partial charge in [0.25, 0.3) is 0 Å². The lowest BCUT2D eigenvalue weighted by atomic mass is 9.86. The fourth-order valence-electron chi connectivity index (χ4n) is 2.12. The van der Waals surface area contributed by atoms with Crippen molar-refractivity contribution in [1.29, 1.82) is 0 Å². The Morgan fingerprint density at radius 3 is 2.53 bits per heavy atom. The Morgan fingerprint density at radius 2 is 1.93 bits per heavy atom. The highest BCUT2D eigenvalue weighted by Gasteiger charge is 2.28. The Morgan fingerprint density at radius 1 is 1.27 bits per heavy atom. The summed E-state index contributed by atoms with van der Waals surface area (Å²) < 4.78 is 0. The molecule has 0 bridgehead atoms. The molecule has 0 unspecified atom stereocenters. The Bertz CT molecular complexity index is 291. The number of benzene rings is 1. The number of hydrogen-bond donors (Lipinski definition) is 1. The topological polar surface area (TPSA) is 29.3 Å². The molecule has 2 heteroatoms. The van der Waals surface area contributed by atoms with E-state index in [1.165, 1.54) is 18.4 Å². The van der Waals surface area contributed by atoms with Crippen molar-refractivity contribution in [3.63, 3.8) is 0 Å². The summed E-state index contributed by atoms with van der Waals surface area (Å²) >= 11 is 0. The van der Waals surface area contributed by atoms with E-state index in [-0.39, 0.29) is 0 Å². The van der Waals surface area contributed by atoms with Crippen LogP contribution in [0.4, 0.5) is 0 Å². The first kappa shape index (κ1) is 10.7. The van der Waals surface area contributed by atoms with Gasteiger partial charge in [-0.15, -0.1) is 0 Å². The van der Waals surface area contributed by atoms with Crippen LogP contribution in [0.2, 0.25) is 0 Å². The molecule has 0 aromatic heterocycles. The van der Waals surface area contributed by atoms with Crippen LogP contribution in [0.15, 0.2) is 30.3 Å². The van der Waals surface area contributed by atoms with Crippen molar-refractivity contribution in [2.75, 3.05) is 13.6 Å². The summed E-state index contributed by atoms with van der Waals surface area (Å²) in [4.78, 5) is 2.44. The van der Waals surface area contributed by atoms with Crippen molar-refractivity contribution in [3.8, 4) is 0 Å². The molecule has 1 aliphatic carbocycles. The molecule has 2 rings (SSSR count). The number of nitrogens with zero attached hydrogens (tertiary/aromatic N) is 1. The SMILES string of the molecule is CN(CCc1ccccc1)C1CC(N)C1. The van der Waals surface area contributed by atoms with Gasteiger partial charge in [-0.2, -0.15) is 0 Å². The molecule has 1 aliphatic rings. The molecule has 1 aromatic carbocycles. The van der Waals surface area contributed by atoms with E-state index in [0.29, 0.717) is 6.04 Å². The Balaban J connectivity index is 1.74. The summed E-state index contributed by atoms with van der Waals surface area (Å²) in [6.07, 6.45) is 3.49. The molecule has 15 heavy (non-hydrogen) atoms. The van der Waals surface area contributed by atoms with Gasteiger partial charge in [-0.05, 0) is 31.9 Å². The van der Waals surface area contributed by atoms with Crippen LogP contribution in [0.5, 0.6) is 0 Å². The third-order valence-corrected chi connectivity index (χ3v) is 3.37. The van der Waals surface area contributed by atoms with Crippen LogP contribution < -0.4 is 5.73 Å². The van der Waals surface area contributed by atoms with Crippen LogP contribution in [-0.2, 0) is 6.42 Å². The van der Waals surface area contributed by atoms with Crippen LogP contribution >= 0.6 is 0 Å². The fraction of sp³-hybridized carbons (Fsp3) is 0.538. The minimum Gasteiger partial charge on any atom is -0.328 e. The van der Waals surface area contributed by atoms with Crippen LogP contribution in [0.1, 0.15) is 18.4 Å². The van der Waals surface area contributed by atoms with Crippen molar-refractivity contribution in [3.05, 3.63) is 35.9 Å². The van der Waals surface area contributed by atoms with Gasteiger partial charge in [0.2, 0.25) is 0 Å². The minimum absolute atomic E-state index is 0.453. The standard InChI is InChI=1S/C13H20N2/c1-15(13-9-12(14)10-13)8-7-11-5-3-2-4-6-11/h2-6,12-13H,7-10,14H2,1H3. The van der Waals surface area contributed by atoms with Gasteiger partial charge in [-0.25, -0.2) is 0 Å². The second-order valence-corrected chi connectivity index (χ2v) is 4.60. The molecule has 2 nitrogen and oxygen atoms in total.